The molecule has 0 atom stereocenters. The number of nitrogens with one attached hydrogen (secondary N) is 1. The number of benzene rings is 1. The average molecular weight is 230 g/mol. The van der Waals surface area contributed by atoms with E-state index in [9.17, 15) is 9.90 Å². The second kappa shape index (κ2) is 4.52. The van der Waals surface area contributed by atoms with Gasteiger partial charge >= 0.3 is 5.97 Å². The van der Waals surface area contributed by atoms with Crippen molar-refractivity contribution in [3.63, 3.8) is 0 Å². The molecule has 2 rings (SSSR count). The normalized spacial score (nSPS) is 9.88. The first-order valence-corrected chi connectivity index (χ1v) is 4.91. The maximum Gasteiger partial charge on any atom is 0.339 e. The predicted molar refractivity (Wildman–Crippen MR) is 62.6 cm³/mol. The van der Waals surface area contributed by atoms with Gasteiger partial charge in [-0.1, -0.05) is 12.1 Å². The summed E-state index contributed by atoms with van der Waals surface area (Å²) in [5.41, 5.74) is 0.881. The van der Waals surface area contributed by atoms with E-state index in [1.165, 1.54) is 24.5 Å². The molecule has 5 heteroatoms. The van der Waals surface area contributed by atoms with Crippen LogP contribution in [-0.4, -0.2) is 21.2 Å². The summed E-state index contributed by atoms with van der Waals surface area (Å²) in [4.78, 5) is 14.7. The van der Waals surface area contributed by atoms with E-state index in [0.29, 0.717) is 11.4 Å². The number of aromatic carboxylic acids is 1. The van der Waals surface area contributed by atoms with Gasteiger partial charge in [0.2, 0.25) is 0 Å². The molecule has 17 heavy (non-hydrogen) atoms. The van der Waals surface area contributed by atoms with Gasteiger partial charge in [-0.3, -0.25) is 4.98 Å². The van der Waals surface area contributed by atoms with Crippen molar-refractivity contribution >= 4 is 17.3 Å². The zero-order valence-electron chi connectivity index (χ0n) is 8.79. The molecule has 0 amide bonds. The van der Waals surface area contributed by atoms with E-state index < -0.39 is 5.97 Å². The number of para-hydroxylation sites is 2. The van der Waals surface area contributed by atoms with Crippen molar-refractivity contribution in [1.82, 2.24) is 4.98 Å². The molecule has 0 aliphatic carbocycles. The highest BCUT2D eigenvalue weighted by molar-refractivity contribution is 5.94. The fourth-order valence-electron chi connectivity index (χ4n) is 1.40. The van der Waals surface area contributed by atoms with Crippen molar-refractivity contribution in [2.75, 3.05) is 5.32 Å². The highest BCUT2D eigenvalue weighted by Gasteiger charge is 2.10. The third kappa shape index (κ3) is 2.34. The van der Waals surface area contributed by atoms with Crippen LogP contribution in [0.4, 0.5) is 11.4 Å². The first kappa shape index (κ1) is 10.9. The van der Waals surface area contributed by atoms with Gasteiger partial charge in [-0.05, 0) is 18.2 Å². The lowest BCUT2D eigenvalue weighted by Gasteiger charge is -2.10. The summed E-state index contributed by atoms with van der Waals surface area (Å²) in [5.74, 6) is -1.02. The van der Waals surface area contributed by atoms with Crippen LogP contribution < -0.4 is 5.32 Å². The van der Waals surface area contributed by atoms with E-state index in [0.717, 1.165) is 0 Å². The van der Waals surface area contributed by atoms with Crippen LogP contribution in [0.25, 0.3) is 0 Å². The van der Waals surface area contributed by atoms with Gasteiger partial charge in [0, 0.05) is 12.4 Å². The van der Waals surface area contributed by atoms with E-state index in [1.54, 1.807) is 18.2 Å². The van der Waals surface area contributed by atoms with E-state index in [-0.39, 0.29) is 11.3 Å². The third-order valence-corrected chi connectivity index (χ3v) is 2.22. The smallest absolute Gasteiger partial charge is 0.339 e. The Morgan fingerprint density at radius 2 is 1.94 bits per heavy atom. The van der Waals surface area contributed by atoms with Crippen LogP contribution in [0.15, 0.2) is 42.7 Å². The highest BCUT2D eigenvalue weighted by atomic mass is 16.4. The highest BCUT2D eigenvalue weighted by Crippen LogP contribution is 2.27. The molecule has 86 valence electrons. The SMILES string of the molecule is O=C(O)c1cnccc1Nc1ccccc1O. The number of anilines is 2. The summed E-state index contributed by atoms with van der Waals surface area (Å²) >= 11 is 0. The molecule has 0 saturated carbocycles. The molecule has 0 fully saturated rings. The van der Waals surface area contributed by atoms with Gasteiger partial charge in [-0.15, -0.1) is 0 Å². The lowest BCUT2D eigenvalue weighted by Crippen LogP contribution is -2.03. The Morgan fingerprint density at radius 3 is 2.65 bits per heavy atom. The van der Waals surface area contributed by atoms with E-state index in [1.807, 2.05) is 0 Å². The minimum Gasteiger partial charge on any atom is -0.506 e. The van der Waals surface area contributed by atoms with Gasteiger partial charge in [0.15, 0.2) is 0 Å². The number of carbonyl (C=O) groups is 1. The van der Waals surface area contributed by atoms with Crippen molar-refractivity contribution in [2.45, 2.75) is 0 Å². The zero-order valence-corrected chi connectivity index (χ0v) is 8.79. The third-order valence-electron chi connectivity index (χ3n) is 2.22. The Balaban J connectivity index is 2.37. The number of nitrogens with zero attached hydrogens (tertiary/aromatic N) is 1. The van der Waals surface area contributed by atoms with Crippen LogP contribution in [0.2, 0.25) is 0 Å². The van der Waals surface area contributed by atoms with Crippen molar-refractivity contribution in [3.8, 4) is 5.75 Å². The van der Waals surface area contributed by atoms with Crippen LogP contribution >= 0.6 is 0 Å². The molecule has 0 spiro atoms. The number of aromatic nitrogens is 1. The van der Waals surface area contributed by atoms with Gasteiger partial charge in [-0.25, -0.2) is 4.79 Å². The zero-order chi connectivity index (χ0) is 12.3. The number of hydrogen-bond acceptors (Lipinski definition) is 4. The maximum atomic E-state index is 11.0. The first-order chi connectivity index (χ1) is 8.18. The van der Waals surface area contributed by atoms with Crippen molar-refractivity contribution in [1.29, 1.82) is 0 Å². The molecule has 0 bridgehead atoms. The van der Waals surface area contributed by atoms with Crippen LogP contribution in [0.5, 0.6) is 5.75 Å². The Hall–Kier alpha value is -2.56. The van der Waals surface area contributed by atoms with Crippen LogP contribution in [0.1, 0.15) is 10.4 Å². The largest absolute Gasteiger partial charge is 0.506 e. The maximum absolute atomic E-state index is 11.0. The summed E-state index contributed by atoms with van der Waals surface area (Å²) in [6.07, 6.45) is 2.74. The van der Waals surface area contributed by atoms with Gasteiger partial charge < -0.3 is 15.5 Å². The number of rotatable bonds is 3. The van der Waals surface area contributed by atoms with E-state index >= 15 is 0 Å². The van der Waals surface area contributed by atoms with Crippen molar-refractivity contribution in [2.24, 2.45) is 0 Å². The summed E-state index contributed by atoms with van der Waals surface area (Å²) in [6, 6.07) is 8.14. The van der Waals surface area contributed by atoms with E-state index in [4.69, 9.17) is 5.11 Å². The second-order valence-electron chi connectivity index (χ2n) is 3.37. The summed E-state index contributed by atoms with van der Waals surface area (Å²) < 4.78 is 0. The number of phenolic OH excluding ortho intramolecular Hbond substituents is 1. The topological polar surface area (TPSA) is 82.5 Å². The van der Waals surface area contributed by atoms with Crippen LogP contribution in [0.3, 0.4) is 0 Å². The molecule has 0 aliphatic rings. The number of pyridine rings is 1. The van der Waals surface area contributed by atoms with Crippen LogP contribution in [-0.2, 0) is 0 Å². The Kier molecular flexibility index (Phi) is 2.91. The molecular formula is C12H10N2O3. The molecule has 1 aromatic heterocycles. The summed E-state index contributed by atoms with van der Waals surface area (Å²) in [7, 11) is 0. The fraction of sp³-hybridized carbons (Fsp3) is 0. The van der Waals surface area contributed by atoms with Crippen LogP contribution in [0, 0.1) is 0 Å². The molecule has 1 heterocycles. The number of carboxylic acid groups (broad SMARTS) is 1. The summed E-state index contributed by atoms with van der Waals surface area (Å²) in [5, 5.41) is 21.4. The standard InChI is InChI=1S/C12H10N2O3/c15-11-4-2-1-3-10(11)14-9-5-6-13-7-8(9)12(16)17/h1-7,15H,(H,13,14)(H,16,17). The second-order valence-corrected chi connectivity index (χ2v) is 3.37. The minimum atomic E-state index is -1.07. The molecule has 3 N–H and O–H groups in total. The van der Waals surface area contributed by atoms with Crippen molar-refractivity contribution < 1.29 is 15.0 Å². The fourth-order valence-corrected chi connectivity index (χ4v) is 1.40. The van der Waals surface area contributed by atoms with Gasteiger partial charge in [-0.2, -0.15) is 0 Å². The van der Waals surface area contributed by atoms with Gasteiger partial charge in [0.25, 0.3) is 0 Å². The number of carboxylic acids is 1. The molecule has 0 unspecified atom stereocenters. The number of hydrogen-bond donors (Lipinski definition) is 3. The van der Waals surface area contributed by atoms with Gasteiger partial charge in [0.1, 0.15) is 11.3 Å². The molecule has 0 aliphatic heterocycles. The lowest BCUT2D eigenvalue weighted by atomic mass is 10.2. The molecule has 2 aromatic rings. The Morgan fingerprint density at radius 1 is 1.18 bits per heavy atom. The quantitative estimate of drug-likeness (QED) is 0.704. The lowest BCUT2D eigenvalue weighted by molar-refractivity contribution is 0.0697. The molecule has 5 nitrogen and oxygen atoms in total. The number of phenols is 1. The molecule has 0 saturated heterocycles. The van der Waals surface area contributed by atoms with E-state index in [2.05, 4.69) is 10.3 Å². The Labute approximate surface area is 97.4 Å². The molecule has 1 aromatic carbocycles. The summed E-state index contributed by atoms with van der Waals surface area (Å²) in [6.45, 7) is 0. The number of aromatic hydroxyl groups is 1. The molecular weight excluding hydrogens is 220 g/mol. The molecule has 0 radical (unpaired) electrons. The van der Waals surface area contributed by atoms with Crippen molar-refractivity contribution in [3.05, 3.63) is 48.3 Å². The Bertz CT molecular complexity index is 555. The average Bonchev–Trinajstić information content (AvgIpc) is 2.32. The monoisotopic (exact) mass is 230 g/mol. The minimum absolute atomic E-state index is 0.0516. The predicted octanol–water partition coefficient (Wildman–Crippen LogP) is 2.23. The van der Waals surface area contributed by atoms with Gasteiger partial charge in [0.05, 0.1) is 11.4 Å². The first-order valence-electron chi connectivity index (χ1n) is 4.91.